The Kier molecular flexibility index (Phi) is 5.73. The fourth-order valence-electron chi connectivity index (χ4n) is 3.88. The summed E-state index contributed by atoms with van der Waals surface area (Å²) in [6.07, 6.45) is 6.78. The van der Waals surface area contributed by atoms with Gasteiger partial charge in [-0.2, -0.15) is 5.10 Å². The molecule has 2 fully saturated rings. The van der Waals surface area contributed by atoms with Gasteiger partial charge in [-0.05, 0) is 19.3 Å². The van der Waals surface area contributed by atoms with Gasteiger partial charge in [0.2, 0.25) is 11.8 Å². The zero-order chi connectivity index (χ0) is 17.8. The van der Waals surface area contributed by atoms with Crippen molar-refractivity contribution in [1.29, 1.82) is 0 Å². The van der Waals surface area contributed by atoms with Gasteiger partial charge in [0, 0.05) is 71.5 Å². The molecule has 2 amide bonds. The Labute approximate surface area is 149 Å². The third-order valence-electron chi connectivity index (χ3n) is 5.28. The summed E-state index contributed by atoms with van der Waals surface area (Å²) < 4.78 is 1.83. The van der Waals surface area contributed by atoms with E-state index in [9.17, 15) is 9.59 Å². The third-order valence-corrected chi connectivity index (χ3v) is 5.28. The molecular formula is C18H29N5O2. The van der Waals surface area contributed by atoms with Crippen LogP contribution in [0.25, 0.3) is 0 Å². The number of carbonyl (C=O) groups is 2. The molecule has 3 rings (SSSR count). The Morgan fingerprint density at radius 2 is 1.92 bits per heavy atom. The SMILES string of the molecule is CC(=O)N1CCC[C@@H](C(=O)N2CCCN(Cc3cnn(C)c3)CC2)C1. The molecule has 2 aliphatic rings. The van der Waals surface area contributed by atoms with Crippen molar-refractivity contribution in [2.24, 2.45) is 13.0 Å². The Hall–Kier alpha value is -1.89. The predicted molar refractivity (Wildman–Crippen MR) is 94.7 cm³/mol. The topological polar surface area (TPSA) is 61.7 Å². The second-order valence-electron chi connectivity index (χ2n) is 7.28. The summed E-state index contributed by atoms with van der Waals surface area (Å²) in [6.45, 7) is 7.34. The van der Waals surface area contributed by atoms with E-state index in [-0.39, 0.29) is 17.7 Å². The molecule has 1 aromatic rings. The number of hydrogen-bond donors (Lipinski definition) is 0. The number of likely N-dealkylation sites (tertiary alicyclic amines) is 1. The van der Waals surface area contributed by atoms with Crippen molar-refractivity contribution in [2.45, 2.75) is 32.7 Å². The first-order valence-electron chi connectivity index (χ1n) is 9.27. The van der Waals surface area contributed by atoms with Crippen LogP contribution in [0.15, 0.2) is 12.4 Å². The first kappa shape index (κ1) is 17.9. The molecule has 0 aromatic carbocycles. The summed E-state index contributed by atoms with van der Waals surface area (Å²) >= 11 is 0. The van der Waals surface area contributed by atoms with Crippen molar-refractivity contribution in [3.05, 3.63) is 18.0 Å². The summed E-state index contributed by atoms with van der Waals surface area (Å²) in [4.78, 5) is 30.7. The lowest BCUT2D eigenvalue weighted by Crippen LogP contribution is -2.47. The van der Waals surface area contributed by atoms with Crippen LogP contribution in [-0.2, 0) is 23.2 Å². The number of nitrogens with zero attached hydrogens (tertiary/aromatic N) is 5. The second-order valence-corrected chi connectivity index (χ2v) is 7.28. The molecule has 0 N–H and O–H groups in total. The maximum absolute atomic E-state index is 12.9. The Morgan fingerprint density at radius 3 is 2.64 bits per heavy atom. The first-order valence-corrected chi connectivity index (χ1v) is 9.27. The molecule has 1 aromatic heterocycles. The van der Waals surface area contributed by atoms with Crippen molar-refractivity contribution < 1.29 is 9.59 Å². The van der Waals surface area contributed by atoms with E-state index >= 15 is 0 Å². The highest BCUT2D eigenvalue weighted by atomic mass is 16.2. The Morgan fingerprint density at radius 1 is 1.12 bits per heavy atom. The van der Waals surface area contributed by atoms with Gasteiger partial charge in [0.25, 0.3) is 0 Å². The predicted octanol–water partition coefficient (Wildman–Crippen LogP) is 0.713. The van der Waals surface area contributed by atoms with Gasteiger partial charge in [0.1, 0.15) is 0 Å². The summed E-state index contributed by atoms with van der Waals surface area (Å²) in [5, 5.41) is 4.22. The number of amides is 2. The molecule has 138 valence electrons. The highest BCUT2D eigenvalue weighted by Gasteiger charge is 2.31. The van der Waals surface area contributed by atoms with Crippen LogP contribution in [0.5, 0.6) is 0 Å². The second kappa shape index (κ2) is 7.99. The van der Waals surface area contributed by atoms with Gasteiger partial charge < -0.3 is 9.80 Å². The average molecular weight is 347 g/mol. The minimum atomic E-state index is -0.0254. The van der Waals surface area contributed by atoms with Crippen LogP contribution in [0.2, 0.25) is 0 Å². The van der Waals surface area contributed by atoms with Gasteiger partial charge in [-0.15, -0.1) is 0 Å². The van der Waals surface area contributed by atoms with Gasteiger partial charge >= 0.3 is 0 Å². The standard InChI is InChI=1S/C18H29N5O2/c1-15(24)23-7-3-5-17(14-23)18(25)22-8-4-6-21(9-10-22)13-16-11-19-20(2)12-16/h11-12,17H,3-10,13-14H2,1-2H3/t17-/m1/s1. The molecule has 0 saturated carbocycles. The molecule has 7 heteroatoms. The van der Waals surface area contributed by atoms with E-state index in [1.807, 2.05) is 33.9 Å². The molecule has 0 bridgehead atoms. The molecule has 2 saturated heterocycles. The largest absolute Gasteiger partial charge is 0.342 e. The fourth-order valence-corrected chi connectivity index (χ4v) is 3.88. The molecule has 0 aliphatic carbocycles. The zero-order valence-electron chi connectivity index (χ0n) is 15.4. The quantitative estimate of drug-likeness (QED) is 0.808. The molecule has 25 heavy (non-hydrogen) atoms. The lowest BCUT2D eigenvalue weighted by molar-refractivity contribution is -0.140. The Balaban J connectivity index is 1.53. The van der Waals surface area contributed by atoms with Crippen molar-refractivity contribution >= 4 is 11.8 Å². The molecule has 7 nitrogen and oxygen atoms in total. The lowest BCUT2D eigenvalue weighted by atomic mass is 9.96. The molecule has 2 aliphatic heterocycles. The number of piperidine rings is 1. The molecule has 3 heterocycles. The van der Waals surface area contributed by atoms with Gasteiger partial charge in [0.15, 0.2) is 0 Å². The summed E-state index contributed by atoms with van der Waals surface area (Å²) in [5.74, 6) is 0.285. The van der Waals surface area contributed by atoms with Gasteiger partial charge in [-0.25, -0.2) is 0 Å². The molecule has 0 unspecified atom stereocenters. The lowest BCUT2D eigenvalue weighted by Gasteiger charge is -2.34. The van der Waals surface area contributed by atoms with Crippen LogP contribution in [-0.4, -0.2) is 75.6 Å². The van der Waals surface area contributed by atoms with Crippen molar-refractivity contribution in [3.8, 4) is 0 Å². The number of carbonyl (C=O) groups excluding carboxylic acids is 2. The molecule has 0 spiro atoms. The monoisotopic (exact) mass is 347 g/mol. The van der Waals surface area contributed by atoms with Crippen LogP contribution in [0, 0.1) is 5.92 Å². The maximum Gasteiger partial charge on any atom is 0.227 e. The fraction of sp³-hybridized carbons (Fsp3) is 0.722. The first-order chi connectivity index (χ1) is 12.0. The Bertz CT molecular complexity index is 614. The van der Waals surface area contributed by atoms with Crippen LogP contribution >= 0.6 is 0 Å². The highest BCUT2D eigenvalue weighted by molar-refractivity contribution is 5.80. The van der Waals surface area contributed by atoms with Crippen LogP contribution < -0.4 is 0 Å². The third kappa shape index (κ3) is 4.60. The van der Waals surface area contributed by atoms with Crippen molar-refractivity contribution in [1.82, 2.24) is 24.5 Å². The van der Waals surface area contributed by atoms with Crippen LogP contribution in [0.4, 0.5) is 0 Å². The summed E-state index contributed by atoms with van der Waals surface area (Å²) in [5.41, 5.74) is 1.21. The van der Waals surface area contributed by atoms with E-state index in [1.165, 1.54) is 5.56 Å². The molecule has 1 atom stereocenters. The smallest absolute Gasteiger partial charge is 0.227 e. The van der Waals surface area contributed by atoms with E-state index in [4.69, 9.17) is 0 Å². The highest BCUT2D eigenvalue weighted by Crippen LogP contribution is 2.20. The van der Waals surface area contributed by atoms with E-state index in [0.717, 1.165) is 58.5 Å². The van der Waals surface area contributed by atoms with Gasteiger partial charge in [-0.3, -0.25) is 19.2 Å². The number of rotatable bonds is 3. The summed E-state index contributed by atoms with van der Waals surface area (Å²) in [7, 11) is 1.93. The van der Waals surface area contributed by atoms with E-state index in [1.54, 1.807) is 6.92 Å². The van der Waals surface area contributed by atoms with E-state index < -0.39 is 0 Å². The number of aromatic nitrogens is 2. The normalized spacial score (nSPS) is 22.7. The minimum Gasteiger partial charge on any atom is -0.342 e. The van der Waals surface area contributed by atoms with Gasteiger partial charge in [0.05, 0.1) is 12.1 Å². The average Bonchev–Trinajstić information content (AvgIpc) is 2.87. The number of aryl methyl sites for hydroxylation is 1. The van der Waals surface area contributed by atoms with E-state index in [0.29, 0.717) is 6.54 Å². The number of hydrogen-bond acceptors (Lipinski definition) is 4. The van der Waals surface area contributed by atoms with Gasteiger partial charge in [-0.1, -0.05) is 0 Å². The molecule has 0 radical (unpaired) electrons. The molecular weight excluding hydrogens is 318 g/mol. The minimum absolute atomic E-state index is 0.0254. The summed E-state index contributed by atoms with van der Waals surface area (Å²) in [6, 6.07) is 0. The maximum atomic E-state index is 12.9. The van der Waals surface area contributed by atoms with E-state index in [2.05, 4.69) is 10.00 Å². The van der Waals surface area contributed by atoms with Crippen molar-refractivity contribution in [3.63, 3.8) is 0 Å². The van der Waals surface area contributed by atoms with Crippen LogP contribution in [0.3, 0.4) is 0 Å². The van der Waals surface area contributed by atoms with Crippen molar-refractivity contribution in [2.75, 3.05) is 39.3 Å². The van der Waals surface area contributed by atoms with Crippen LogP contribution in [0.1, 0.15) is 31.7 Å². The zero-order valence-corrected chi connectivity index (χ0v) is 15.4.